The van der Waals surface area contributed by atoms with Crippen molar-refractivity contribution in [3.05, 3.63) is 0 Å². The van der Waals surface area contributed by atoms with Crippen LogP contribution in [0.1, 0.15) is 27.2 Å². The third-order valence-corrected chi connectivity index (χ3v) is 3.55. The van der Waals surface area contributed by atoms with Crippen LogP contribution in [0.15, 0.2) is 0 Å². The second-order valence-corrected chi connectivity index (χ2v) is 4.59. The number of carbonyl (C=O) groups is 1. The van der Waals surface area contributed by atoms with Gasteiger partial charge in [0.25, 0.3) is 0 Å². The molecule has 16 heavy (non-hydrogen) atoms. The van der Waals surface area contributed by atoms with Crippen LogP contribution in [0.2, 0.25) is 0 Å². The van der Waals surface area contributed by atoms with Crippen molar-refractivity contribution in [3.63, 3.8) is 0 Å². The predicted molar refractivity (Wildman–Crippen MR) is 66.5 cm³/mol. The van der Waals surface area contributed by atoms with Crippen molar-refractivity contribution in [2.75, 3.05) is 32.7 Å². The largest absolute Gasteiger partial charge is 0.338 e. The van der Waals surface area contributed by atoms with Crippen LogP contribution in [0.25, 0.3) is 0 Å². The van der Waals surface area contributed by atoms with Gasteiger partial charge >= 0.3 is 6.03 Å². The van der Waals surface area contributed by atoms with Crippen molar-refractivity contribution < 1.29 is 4.79 Å². The summed E-state index contributed by atoms with van der Waals surface area (Å²) in [5.74, 6) is 1.28. The number of amides is 2. The lowest BCUT2D eigenvalue weighted by molar-refractivity contribution is 0.195. The van der Waals surface area contributed by atoms with E-state index in [0.717, 1.165) is 32.7 Å². The maximum atomic E-state index is 11.7. The summed E-state index contributed by atoms with van der Waals surface area (Å²) in [5.41, 5.74) is 0. The van der Waals surface area contributed by atoms with E-state index in [1.807, 2.05) is 18.7 Å². The molecule has 1 rings (SSSR count). The van der Waals surface area contributed by atoms with E-state index in [1.165, 1.54) is 6.42 Å². The highest BCUT2D eigenvalue weighted by molar-refractivity contribution is 5.74. The van der Waals surface area contributed by atoms with Crippen LogP contribution in [-0.4, -0.2) is 43.7 Å². The Kier molecular flexibility index (Phi) is 5.60. The minimum absolute atomic E-state index is 0.0720. The average Bonchev–Trinajstić information content (AvgIpc) is 2.29. The fraction of sp³-hybridized carbons (Fsp3) is 0.917. The Morgan fingerprint density at radius 1 is 1.44 bits per heavy atom. The second-order valence-electron chi connectivity index (χ2n) is 4.59. The summed E-state index contributed by atoms with van der Waals surface area (Å²) in [6.45, 7) is 10.8. The summed E-state index contributed by atoms with van der Waals surface area (Å²) in [6.07, 6.45) is 1.21. The highest BCUT2D eigenvalue weighted by Gasteiger charge is 2.21. The van der Waals surface area contributed by atoms with Gasteiger partial charge in [-0.05, 0) is 45.2 Å². The molecule has 0 spiro atoms. The molecular weight excluding hydrogens is 202 g/mol. The van der Waals surface area contributed by atoms with Gasteiger partial charge in [0.1, 0.15) is 0 Å². The molecule has 1 aliphatic heterocycles. The zero-order valence-electron chi connectivity index (χ0n) is 10.8. The van der Waals surface area contributed by atoms with Gasteiger partial charge < -0.3 is 15.5 Å². The van der Waals surface area contributed by atoms with E-state index in [-0.39, 0.29) is 6.03 Å². The molecule has 2 unspecified atom stereocenters. The normalized spacial score (nSPS) is 25.2. The average molecular weight is 227 g/mol. The molecule has 1 heterocycles. The van der Waals surface area contributed by atoms with Crippen molar-refractivity contribution >= 4 is 6.03 Å². The molecule has 0 aromatic carbocycles. The molecule has 0 aromatic rings. The molecule has 1 fully saturated rings. The topological polar surface area (TPSA) is 44.4 Å². The van der Waals surface area contributed by atoms with Crippen LogP contribution in [0.4, 0.5) is 4.79 Å². The first-order valence-electron chi connectivity index (χ1n) is 6.42. The van der Waals surface area contributed by atoms with Gasteiger partial charge in [-0.3, -0.25) is 0 Å². The minimum Gasteiger partial charge on any atom is -0.338 e. The molecule has 4 heteroatoms. The maximum Gasteiger partial charge on any atom is 0.317 e. The summed E-state index contributed by atoms with van der Waals surface area (Å²) in [7, 11) is 0. The number of hydrogen-bond donors (Lipinski definition) is 2. The van der Waals surface area contributed by atoms with E-state index in [2.05, 4.69) is 17.6 Å². The van der Waals surface area contributed by atoms with Gasteiger partial charge in [0, 0.05) is 19.6 Å². The van der Waals surface area contributed by atoms with Crippen molar-refractivity contribution in [1.29, 1.82) is 0 Å². The quantitative estimate of drug-likeness (QED) is 0.760. The van der Waals surface area contributed by atoms with Crippen LogP contribution >= 0.6 is 0 Å². The van der Waals surface area contributed by atoms with Crippen molar-refractivity contribution in [2.45, 2.75) is 27.2 Å². The van der Waals surface area contributed by atoms with Crippen LogP contribution in [0, 0.1) is 11.8 Å². The Bertz CT molecular complexity index is 216. The number of hydrogen-bond acceptors (Lipinski definition) is 2. The first-order chi connectivity index (χ1) is 7.69. The number of urea groups is 1. The Hall–Kier alpha value is -0.770. The monoisotopic (exact) mass is 227 g/mol. The minimum atomic E-state index is 0.0720. The third-order valence-electron chi connectivity index (χ3n) is 3.55. The fourth-order valence-corrected chi connectivity index (χ4v) is 2.17. The number of rotatable bonds is 4. The summed E-state index contributed by atoms with van der Waals surface area (Å²) in [4.78, 5) is 13.6. The van der Waals surface area contributed by atoms with Crippen molar-refractivity contribution in [2.24, 2.45) is 11.8 Å². The zero-order chi connectivity index (χ0) is 12.0. The summed E-state index contributed by atoms with van der Waals surface area (Å²) in [6, 6.07) is 0.0720. The highest BCUT2D eigenvalue weighted by atomic mass is 16.2. The number of nitrogens with one attached hydrogen (secondary N) is 2. The van der Waals surface area contributed by atoms with Gasteiger partial charge in [-0.2, -0.15) is 0 Å². The fourth-order valence-electron chi connectivity index (χ4n) is 2.17. The second kappa shape index (κ2) is 6.74. The van der Waals surface area contributed by atoms with Crippen LogP contribution in [-0.2, 0) is 0 Å². The van der Waals surface area contributed by atoms with Gasteiger partial charge in [0.05, 0.1) is 0 Å². The third kappa shape index (κ3) is 3.67. The molecule has 0 aromatic heterocycles. The zero-order valence-corrected chi connectivity index (χ0v) is 10.8. The molecule has 1 aliphatic rings. The molecule has 94 valence electrons. The van der Waals surface area contributed by atoms with Gasteiger partial charge in [0.2, 0.25) is 0 Å². The standard InChI is InChI=1S/C12H25N3O/c1-4-15(5-2)12(16)14-9-11-8-13-7-6-10(11)3/h10-11,13H,4-9H2,1-3H3,(H,14,16). The van der Waals surface area contributed by atoms with E-state index < -0.39 is 0 Å². The van der Waals surface area contributed by atoms with E-state index in [9.17, 15) is 4.79 Å². The lowest BCUT2D eigenvalue weighted by atomic mass is 9.88. The molecule has 4 nitrogen and oxygen atoms in total. The Labute approximate surface area is 98.8 Å². The molecule has 0 radical (unpaired) electrons. The molecule has 2 N–H and O–H groups in total. The first-order valence-corrected chi connectivity index (χ1v) is 6.42. The number of carbonyl (C=O) groups excluding carboxylic acids is 1. The maximum absolute atomic E-state index is 11.7. The molecular formula is C12H25N3O. The number of nitrogens with zero attached hydrogens (tertiary/aromatic N) is 1. The van der Waals surface area contributed by atoms with E-state index in [1.54, 1.807) is 0 Å². The molecule has 1 saturated heterocycles. The highest BCUT2D eigenvalue weighted by Crippen LogP contribution is 2.17. The van der Waals surface area contributed by atoms with Gasteiger partial charge in [0.15, 0.2) is 0 Å². The van der Waals surface area contributed by atoms with Gasteiger partial charge in [-0.25, -0.2) is 4.79 Å². The van der Waals surface area contributed by atoms with Crippen molar-refractivity contribution in [3.8, 4) is 0 Å². The SMILES string of the molecule is CCN(CC)C(=O)NCC1CNCCC1C. The summed E-state index contributed by atoms with van der Waals surface area (Å²) in [5, 5.41) is 6.41. The van der Waals surface area contributed by atoms with Crippen LogP contribution in [0.5, 0.6) is 0 Å². The van der Waals surface area contributed by atoms with E-state index in [4.69, 9.17) is 0 Å². The van der Waals surface area contributed by atoms with Crippen molar-refractivity contribution in [1.82, 2.24) is 15.5 Å². The molecule has 0 bridgehead atoms. The van der Waals surface area contributed by atoms with E-state index >= 15 is 0 Å². The lowest BCUT2D eigenvalue weighted by Crippen LogP contribution is -2.46. The Morgan fingerprint density at radius 2 is 2.12 bits per heavy atom. The number of piperidine rings is 1. The van der Waals surface area contributed by atoms with Gasteiger partial charge in [-0.1, -0.05) is 6.92 Å². The van der Waals surface area contributed by atoms with Crippen LogP contribution < -0.4 is 10.6 Å². The van der Waals surface area contributed by atoms with Crippen LogP contribution in [0.3, 0.4) is 0 Å². The summed E-state index contributed by atoms with van der Waals surface area (Å²) < 4.78 is 0. The summed E-state index contributed by atoms with van der Waals surface area (Å²) >= 11 is 0. The van der Waals surface area contributed by atoms with Gasteiger partial charge in [-0.15, -0.1) is 0 Å². The predicted octanol–water partition coefficient (Wildman–Crippen LogP) is 1.28. The molecule has 2 atom stereocenters. The Balaban J connectivity index is 2.29. The van der Waals surface area contributed by atoms with E-state index in [0.29, 0.717) is 11.8 Å². The first kappa shape index (κ1) is 13.3. The molecule has 0 saturated carbocycles. The lowest BCUT2D eigenvalue weighted by Gasteiger charge is -2.30. The Morgan fingerprint density at radius 3 is 2.69 bits per heavy atom. The molecule has 2 amide bonds. The smallest absolute Gasteiger partial charge is 0.317 e. The molecule has 0 aliphatic carbocycles.